The van der Waals surface area contributed by atoms with Crippen LogP contribution in [-0.2, 0) is 15.6 Å². The maximum absolute atomic E-state index is 11.6. The van der Waals surface area contributed by atoms with Crippen LogP contribution in [0, 0.1) is 0 Å². The zero-order valence-electron chi connectivity index (χ0n) is 10.4. The van der Waals surface area contributed by atoms with Crippen LogP contribution in [0.3, 0.4) is 0 Å². The summed E-state index contributed by atoms with van der Waals surface area (Å²) in [5.74, 6) is -0.510. The van der Waals surface area contributed by atoms with E-state index in [1.165, 1.54) is 4.90 Å². The molecule has 0 spiro atoms. The maximum Gasteiger partial charge on any atom is 0.323 e. The van der Waals surface area contributed by atoms with Crippen LogP contribution in [0.2, 0.25) is 0 Å². The summed E-state index contributed by atoms with van der Waals surface area (Å²) in [5.41, 5.74) is 0. The highest BCUT2D eigenvalue weighted by atomic mass is 32.2. The van der Waals surface area contributed by atoms with E-state index in [9.17, 15) is 13.8 Å². The molecule has 0 rings (SSSR count). The molecule has 6 nitrogen and oxygen atoms in total. The molecule has 0 aromatic carbocycles. The van der Waals surface area contributed by atoms with E-state index < -0.39 is 22.8 Å². The lowest BCUT2D eigenvalue weighted by atomic mass is 10.3. The summed E-state index contributed by atoms with van der Waals surface area (Å²) < 4.78 is 10.8. The van der Waals surface area contributed by atoms with E-state index in [4.69, 9.17) is 5.11 Å². The van der Waals surface area contributed by atoms with Crippen molar-refractivity contribution in [2.45, 2.75) is 26.3 Å². The fourth-order valence-electron chi connectivity index (χ4n) is 1.21. The molecule has 1 unspecified atom stereocenters. The summed E-state index contributed by atoms with van der Waals surface area (Å²) in [7, 11) is -0.868. The summed E-state index contributed by atoms with van der Waals surface area (Å²) in [6, 6.07) is -0.573. The van der Waals surface area contributed by atoms with Crippen molar-refractivity contribution in [2.24, 2.45) is 0 Å². The molecule has 0 aliphatic heterocycles. The lowest BCUT2D eigenvalue weighted by molar-refractivity contribution is -0.138. The van der Waals surface area contributed by atoms with Crippen LogP contribution < -0.4 is 5.32 Å². The zero-order valence-corrected chi connectivity index (χ0v) is 11.2. The second-order valence-electron chi connectivity index (χ2n) is 3.98. The van der Waals surface area contributed by atoms with Crippen LogP contribution in [0.5, 0.6) is 0 Å². The summed E-state index contributed by atoms with van der Waals surface area (Å²) in [6.45, 7) is 3.59. The second kappa shape index (κ2) is 8.05. The molecule has 0 aliphatic carbocycles. The summed E-state index contributed by atoms with van der Waals surface area (Å²) >= 11 is 0. The molecule has 100 valence electrons. The molecule has 0 aromatic heterocycles. The number of urea groups is 1. The number of carbonyl (C=O) groups is 2. The Bertz CT molecular complexity index is 294. The van der Waals surface area contributed by atoms with Crippen molar-refractivity contribution in [1.82, 2.24) is 10.2 Å². The van der Waals surface area contributed by atoms with Gasteiger partial charge in [0.1, 0.15) is 6.54 Å². The molecular formula is C10H20N2O4S. The molecule has 2 N–H and O–H groups in total. The third-order valence-electron chi connectivity index (χ3n) is 2.07. The van der Waals surface area contributed by atoms with Gasteiger partial charge in [-0.2, -0.15) is 0 Å². The van der Waals surface area contributed by atoms with Crippen molar-refractivity contribution >= 4 is 22.8 Å². The van der Waals surface area contributed by atoms with Gasteiger partial charge < -0.3 is 15.3 Å². The molecule has 1 atom stereocenters. The van der Waals surface area contributed by atoms with Gasteiger partial charge in [-0.25, -0.2) is 4.79 Å². The van der Waals surface area contributed by atoms with E-state index >= 15 is 0 Å². The number of nitrogens with zero attached hydrogens (tertiary/aromatic N) is 1. The molecule has 0 saturated carbocycles. The fraction of sp³-hybridized carbons (Fsp3) is 0.800. The Kier molecular flexibility index (Phi) is 7.53. The molecule has 0 aromatic rings. The Hall–Kier alpha value is -1.11. The number of carbonyl (C=O) groups excluding carboxylic acids is 1. The first-order valence-electron chi connectivity index (χ1n) is 5.41. The van der Waals surface area contributed by atoms with Gasteiger partial charge >= 0.3 is 12.0 Å². The number of amides is 2. The van der Waals surface area contributed by atoms with Crippen molar-refractivity contribution in [3.8, 4) is 0 Å². The smallest absolute Gasteiger partial charge is 0.323 e. The Balaban J connectivity index is 4.06. The van der Waals surface area contributed by atoms with Crippen LogP contribution in [0.1, 0.15) is 20.3 Å². The van der Waals surface area contributed by atoms with E-state index in [2.05, 4.69) is 5.32 Å². The average molecular weight is 264 g/mol. The maximum atomic E-state index is 11.6. The highest BCUT2D eigenvalue weighted by Crippen LogP contribution is 1.98. The number of nitrogens with one attached hydrogen (secondary N) is 1. The zero-order chi connectivity index (χ0) is 13.4. The number of carboxylic acid groups (broad SMARTS) is 1. The number of rotatable bonds is 7. The molecule has 0 saturated heterocycles. The lowest BCUT2D eigenvalue weighted by Gasteiger charge is -2.25. The number of hydrogen-bond acceptors (Lipinski definition) is 3. The summed E-state index contributed by atoms with van der Waals surface area (Å²) in [4.78, 5) is 23.5. The standard InChI is InChI=1S/C10H20N2O4S/c1-8(2)12(7-9(13)14)10(15)11-5-4-6-17(3)16/h8H,4-7H2,1-3H3,(H,11,15)(H,13,14). The third kappa shape index (κ3) is 7.73. The van der Waals surface area contributed by atoms with Gasteiger partial charge in [-0.1, -0.05) is 0 Å². The first-order chi connectivity index (χ1) is 7.84. The van der Waals surface area contributed by atoms with Crippen LogP contribution in [0.4, 0.5) is 4.79 Å². The highest BCUT2D eigenvalue weighted by molar-refractivity contribution is 7.84. The normalized spacial score (nSPS) is 12.2. The molecule has 0 heterocycles. The van der Waals surface area contributed by atoms with Crippen molar-refractivity contribution in [1.29, 1.82) is 0 Å². The minimum absolute atomic E-state index is 0.175. The topological polar surface area (TPSA) is 86.7 Å². The minimum atomic E-state index is -1.04. The van der Waals surface area contributed by atoms with Gasteiger partial charge in [0, 0.05) is 35.4 Å². The molecule has 0 bridgehead atoms. The molecule has 7 heteroatoms. The Morgan fingerprint density at radius 1 is 1.41 bits per heavy atom. The molecule has 2 amide bonds. The van der Waals surface area contributed by atoms with E-state index in [0.717, 1.165) is 0 Å². The monoisotopic (exact) mass is 264 g/mol. The second-order valence-corrected chi connectivity index (χ2v) is 5.53. The Labute approximate surface area is 104 Å². The van der Waals surface area contributed by atoms with Crippen molar-refractivity contribution in [3.05, 3.63) is 0 Å². The molecular weight excluding hydrogens is 244 g/mol. The molecule has 0 aliphatic rings. The quantitative estimate of drug-likeness (QED) is 0.646. The van der Waals surface area contributed by atoms with Gasteiger partial charge in [-0.3, -0.25) is 9.00 Å². The van der Waals surface area contributed by atoms with Crippen LogP contribution in [-0.4, -0.2) is 57.4 Å². The molecule has 0 fully saturated rings. The van der Waals surface area contributed by atoms with Crippen LogP contribution in [0.25, 0.3) is 0 Å². The summed E-state index contributed by atoms with van der Waals surface area (Å²) in [5, 5.41) is 11.3. The third-order valence-corrected chi connectivity index (χ3v) is 2.94. The highest BCUT2D eigenvalue weighted by Gasteiger charge is 2.18. The number of hydrogen-bond donors (Lipinski definition) is 2. The predicted molar refractivity (Wildman–Crippen MR) is 66.4 cm³/mol. The lowest BCUT2D eigenvalue weighted by Crippen LogP contribution is -2.46. The van der Waals surface area contributed by atoms with Crippen LogP contribution >= 0.6 is 0 Å². The number of carboxylic acids is 1. The minimum Gasteiger partial charge on any atom is -0.480 e. The van der Waals surface area contributed by atoms with Gasteiger partial charge in [0.15, 0.2) is 0 Å². The first-order valence-corrected chi connectivity index (χ1v) is 7.13. The summed E-state index contributed by atoms with van der Waals surface area (Å²) in [6.07, 6.45) is 2.22. The average Bonchev–Trinajstić information content (AvgIpc) is 2.19. The van der Waals surface area contributed by atoms with E-state index in [1.807, 2.05) is 0 Å². The SMILES string of the molecule is CC(C)N(CC(=O)O)C(=O)NCCCS(C)=O. The number of aliphatic carboxylic acids is 1. The van der Waals surface area contributed by atoms with Gasteiger partial charge in [0.05, 0.1) is 0 Å². The van der Waals surface area contributed by atoms with Gasteiger partial charge in [0.25, 0.3) is 0 Å². The van der Waals surface area contributed by atoms with E-state index in [-0.39, 0.29) is 12.6 Å². The van der Waals surface area contributed by atoms with Crippen molar-refractivity contribution in [3.63, 3.8) is 0 Å². The van der Waals surface area contributed by atoms with E-state index in [1.54, 1.807) is 20.1 Å². The molecule has 0 radical (unpaired) electrons. The predicted octanol–water partition coefficient (Wildman–Crippen LogP) is 0.260. The Morgan fingerprint density at radius 3 is 2.41 bits per heavy atom. The van der Waals surface area contributed by atoms with Gasteiger partial charge in [-0.15, -0.1) is 0 Å². The van der Waals surface area contributed by atoms with Crippen molar-refractivity contribution in [2.75, 3.05) is 25.1 Å². The fourth-order valence-corrected chi connectivity index (χ4v) is 1.76. The molecule has 17 heavy (non-hydrogen) atoms. The largest absolute Gasteiger partial charge is 0.480 e. The van der Waals surface area contributed by atoms with Gasteiger partial charge in [-0.05, 0) is 20.3 Å². The van der Waals surface area contributed by atoms with Crippen molar-refractivity contribution < 1.29 is 18.9 Å². The first kappa shape index (κ1) is 15.9. The Morgan fingerprint density at radius 2 is 2.00 bits per heavy atom. The van der Waals surface area contributed by atoms with Gasteiger partial charge in [0.2, 0.25) is 0 Å². The van der Waals surface area contributed by atoms with Crippen LogP contribution in [0.15, 0.2) is 0 Å². The van der Waals surface area contributed by atoms with E-state index in [0.29, 0.717) is 18.7 Å².